The number of nitrogens with one attached hydrogen (secondary N) is 1. The SMILES string of the molecule is C=CC(=O)N1CCn2nc(-c3nc(-c4ccc(C5(C(=O)NC6CN(C)C6)CC5)cc4)c4ccsc4c3C=C(F)/C=C/F)cc2C1. The molecule has 7 rings (SSSR count). The number of likely N-dealkylation sites (tertiary alicyclic amines) is 1. The number of benzene rings is 1. The van der Waals surface area contributed by atoms with Crippen molar-refractivity contribution in [3.05, 3.63) is 89.5 Å². The van der Waals surface area contributed by atoms with Gasteiger partial charge in [0, 0.05) is 46.9 Å². The van der Waals surface area contributed by atoms with Gasteiger partial charge in [-0.2, -0.15) is 5.10 Å². The number of thiophene rings is 1. The summed E-state index contributed by atoms with van der Waals surface area (Å²) in [4.78, 5) is 34.4. The maximum absolute atomic E-state index is 14.8. The Morgan fingerprint density at radius 1 is 1.13 bits per heavy atom. The van der Waals surface area contributed by atoms with Crippen molar-refractivity contribution >= 4 is 39.3 Å². The fraction of sp³-hybridized carbons (Fsp3) is 0.294. The Labute approximate surface area is 263 Å². The van der Waals surface area contributed by atoms with E-state index in [1.807, 2.05) is 53.5 Å². The summed E-state index contributed by atoms with van der Waals surface area (Å²) in [7, 11) is 2.04. The third-order valence-electron chi connectivity index (χ3n) is 8.97. The van der Waals surface area contributed by atoms with Crippen molar-refractivity contribution in [2.45, 2.75) is 37.4 Å². The summed E-state index contributed by atoms with van der Waals surface area (Å²) < 4.78 is 30.3. The first-order chi connectivity index (χ1) is 21.8. The number of carbonyl (C=O) groups is 2. The summed E-state index contributed by atoms with van der Waals surface area (Å²) in [5.41, 5.74) is 4.36. The highest BCUT2D eigenvalue weighted by Gasteiger charge is 2.52. The summed E-state index contributed by atoms with van der Waals surface area (Å²) >= 11 is 1.44. The zero-order valence-electron chi connectivity index (χ0n) is 24.8. The van der Waals surface area contributed by atoms with E-state index in [0.717, 1.165) is 58.9 Å². The number of aromatic nitrogens is 3. The van der Waals surface area contributed by atoms with Crippen LogP contribution < -0.4 is 5.32 Å². The van der Waals surface area contributed by atoms with Gasteiger partial charge in [0.25, 0.3) is 0 Å². The Hall–Kier alpha value is -4.48. The molecule has 0 radical (unpaired) electrons. The van der Waals surface area contributed by atoms with Crippen LogP contribution in [-0.2, 0) is 28.1 Å². The standard InChI is InChI=1S/C34H32F2N6O2S/c1-3-29(43)41-13-14-42-25(20-41)17-28(39-42)31-27(16-23(36)8-12-35)32-26(9-15-45-32)30(38-31)21-4-6-22(7-5-21)34(10-11-34)33(44)37-24-18-40(2)19-24/h3-9,12,15-17,24H,1,10-11,13-14,18-20H2,2H3,(H,37,44)/b12-8+,23-16?. The van der Waals surface area contributed by atoms with Gasteiger partial charge in [0.2, 0.25) is 11.8 Å². The molecule has 1 N–H and O–H groups in total. The topological polar surface area (TPSA) is 83.4 Å². The number of hydrogen-bond acceptors (Lipinski definition) is 6. The molecule has 1 aliphatic carbocycles. The van der Waals surface area contributed by atoms with E-state index in [-0.39, 0.29) is 24.2 Å². The monoisotopic (exact) mass is 626 g/mol. The molecule has 230 valence electrons. The number of amides is 2. The van der Waals surface area contributed by atoms with Gasteiger partial charge in [0.1, 0.15) is 17.2 Å². The molecule has 45 heavy (non-hydrogen) atoms. The molecule has 2 fully saturated rings. The van der Waals surface area contributed by atoms with Gasteiger partial charge in [0.15, 0.2) is 0 Å². The quantitative estimate of drug-likeness (QED) is 0.203. The Kier molecular flexibility index (Phi) is 7.45. The first kappa shape index (κ1) is 29.2. The number of carbonyl (C=O) groups excluding carboxylic acids is 2. The van der Waals surface area contributed by atoms with E-state index in [9.17, 15) is 18.4 Å². The van der Waals surface area contributed by atoms with Crippen LogP contribution in [0.1, 0.15) is 29.7 Å². The fourth-order valence-corrected chi connectivity index (χ4v) is 7.29. The van der Waals surface area contributed by atoms with E-state index in [2.05, 4.69) is 16.8 Å². The van der Waals surface area contributed by atoms with Crippen LogP contribution in [0.3, 0.4) is 0 Å². The van der Waals surface area contributed by atoms with Crippen LogP contribution in [0.4, 0.5) is 8.78 Å². The van der Waals surface area contributed by atoms with Gasteiger partial charge < -0.3 is 15.1 Å². The van der Waals surface area contributed by atoms with Crippen molar-refractivity contribution in [3.8, 4) is 22.6 Å². The van der Waals surface area contributed by atoms with E-state index in [4.69, 9.17) is 10.1 Å². The Morgan fingerprint density at radius 2 is 1.91 bits per heavy atom. The molecule has 5 heterocycles. The second kappa shape index (κ2) is 11.5. The number of pyridine rings is 1. The minimum absolute atomic E-state index is 0.0894. The van der Waals surface area contributed by atoms with Crippen LogP contribution in [0.15, 0.2) is 72.7 Å². The van der Waals surface area contributed by atoms with E-state index in [1.54, 1.807) is 4.90 Å². The number of hydrogen-bond donors (Lipinski definition) is 1. The molecule has 8 nitrogen and oxygen atoms in total. The molecule has 2 aliphatic heterocycles. The van der Waals surface area contributed by atoms with Crippen molar-refractivity contribution in [2.75, 3.05) is 26.7 Å². The second-order valence-corrected chi connectivity index (χ2v) is 12.9. The largest absolute Gasteiger partial charge is 0.350 e. The van der Waals surface area contributed by atoms with Crippen molar-refractivity contribution in [2.24, 2.45) is 0 Å². The molecule has 1 saturated carbocycles. The molecule has 1 saturated heterocycles. The van der Waals surface area contributed by atoms with Crippen molar-refractivity contribution < 1.29 is 18.4 Å². The molecule has 3 aromatic heterocycles. The first-order valence-electron chi connectivity index (χ1n) is 14.9. The second-order valence-electron chi connectivity index (χ2n) is 12.0. The van der Waals surface area contributed by atoms with Gasteiger partial charge in [-0.3, -0.25) is 14.3 Å². The van der Waals surface area contributed by atoms with Crippen LogP contribution in [0.2, 0.25) is 0 Å². The molecule has 0 atom stereocenters. The minimum Gasteiger partial charge on any atom is -0.350 e. The average molecular weight is 627 g/mol. The zero-order chi connectivity index (χ0) is 31.3. The summed E-state index contributed by atoms with van der Waals surface area (Å²) in [6.45, 7) is 6.70. The summed E-state index contributed by atoms with van der Waals surface area (Å²) in [5, 5.41) is 10.8. The molecule has 11 heteroatoms. The van der Waals surface area contributed by atoms with E-state index in [1.165, 1.54) is 23.5 Å². The van der Waals surface area contributed by atoms with Crippen LogP contribution >= 0.6 is 11.3 Å². The Morgan fingerprint density at radius 3 is 2.60 bits per heavy atom. The van der Waals surface area contributed by atoms with E-state index in [0.29, 0.717) is 42.3 Å². The third kappa shape index (κ3) is 5.29. The number of rotatable bonds is 8. The van der Waals surface area contributed by atoms with Gasteiger partial charge in [-0.05, 0) is 55.1 Å². The number of fused-ring (bicyclic) bond motifs is 2. The average Bonchev–Trinajstić information content (AvgIpc) is 3.49. The van der Waals surface area contributed by atoms with Gasteiger partial charge in [-0.25, -0.2) is 13.8 Å². The van der Waals surface area contributed by atoms with Gasteiger partial charge in [-0.15, -0.1) is 11.3 Å². The number of likely N-dealkylation sites (N-methyl/N-ethyl adjacent to an activating group) is 1. The molecule has 0 unspecified atom stereocenters. The van der Waals surface area contributed by atoms with E-state index < -0.39 is 11.2 Å². The van der Waals surface area contributed by atoms with Gasteiger partial charge in [0.05, 0.1) is 42.3 Å². The van der Waals surface area contributed by atoms with E-state index >= 15 is 0 Å². The summed E-state index contributed by atoms with van der Waals surface area (Å²) in [6, 6.07) is 12.0. The maximum atomic E-state index is 14.8. The predicted molar refractivity (Wildman–Crippen MR) is 172 cm³/mol. The summed E-state index contributed by atoms with van der Waals surface area (Å²) in [6.07, 6.45) is 5.15. The van der Waals surface area contributed by atoms with Crippen LogP contribution in [-0.4, -0.2) is 69.1 Å². The maximum Gasteiger partial charge on any atom is 0.246 e. The van der Waals surface area contributed by atoms with Crippen LogP contribution in [0.5, 0.6) is 0 Å². The molecule has 0 bridgehead atoms. The third-order valence-corrected chi connectivity index (χ3v) is 9.92. The lowest BCUT2D eigenvalue weighted by molar-refractivity contribution is -0.127. The van der Waals surface area contributed by atoms with Crippen molar-refractivity contribution in [1.29, 1.82) is 0 Å². The highest BCUT2D eigenvalue weighted by molar-refractivity contribution is 7.17. The van der Waals surface area contributed by atoms with Crippen LogP contribution in [0.25, 0.3) is 38.8 Å². The van der Waals surface area contributed by atoms with Crippen molar-refractivity contribution in [3.63, 3.8) is 0 Å². The highest BCUT2D eigenvalue weighted by atomic mass is 32.1. The number of halogens is 2. The fourth-order valence-electron chi connectivity index (χ4n) is 6.37. The zero-order valence-corrected chi connectivity index (χ0v) is 25.6. The lowest BCUT2D eigenvalue weighted by Crippen LogP contribution is -2.59. The molecule has 4 aromatic rings. The minimum atomic E-state index is -0.749. The molecule has 0 spiro atoms. The summed E-state index contributed by atoms with van der Waals surface area (Å²) in [5.74, 6) is -0.815. The van der Waals surface area contributed by atoms with Gasteiger partial charge >= 0.3 is 0 Å². The molecular formula is C34H32F2N6O2S. The van der Waals surface area contributed by atoms with Gasteiger partial charge in [-0.1, -0.05) is 30.8 Å². The van der Waals surface area contributed by atoms with Crippen LogP contribution in [0, 0.1) is 0 Å². The number of nitrogens with zero attached hydrogens (tertiary/aromatic N) is 5. The Balaban J connectivity index is 1.28. The highest BCUT2D eigenvalue weighted by Crippen LogP contribution is 2.49. The Bertz CT molecular complexity index is 1880. The molecular weight excluding hydrogens is 594 g/mol. The lowest BCUT2D eigenvalue weighted by atomic mass is 9.92. The molecule has 3 aliphatic rings. The first-order valence-corrected chi connectivity index (χ1v) is 15.8. The predicted octanol–water partition coefficient (Wildman–Crippen LogP) is 5.61. The smallest absolute Gasteiger partial charge is 0.246 e. The normalized spacial score (nSPS) is 18.2. The number of allylic oxidation sites excluding steroid dienone is 2. The molecule has 1 aromatic carbocycles. The van der Waals surface area contributed by atoms with Crippen molar-refractivity contribution in [1.82, 2.24) is 29.9 Å². The molecule has 2 amide bonds. The lowest BCUT2D eigenvalue weighted by Gasteiger charge is -2.37.